The Morgan fingerprint density at radius 1 is 1.08 bits per heavy atom. The van der Waals surface area contributed by atoms with Gasteiger partial charge in [0, 0.05) is 6.42 Å². The van der Waals surface area contributed by atoms with Gasteiger partial charge in [0.05, 0.1) is 19.8 Å². The summed E-state index contributed by atoms with van der Waals surface area (Å²) in [4.78, 5) is 24.4. The number of alkyl halides is 3. The summed E-state index contributed by atoms with van der Waals surface area (Å²) in [6.07, 6.45) is -2.07. The zero-order chi connectivity index (χ0) is 19.5. The van der Waals surface area contributed by atoms with Gasteiger partial charge in [-0.2, -0.15) is 13.2 Å². The van der Waals surface area contributed by atoms with E-state index in [1.165, 1.54) is 26.4 Å². The minimum absolute atomic E-state index is 0.159. The lowest BCUT2D eigenvalue weighted by molar-refractivity contribution is -0.160. The number of halogens is 3. The van der Waals surface area contributed by atoms with Crippen molar-refractivity contribution in [2.24, 2.45) is 5.41 Å². The minimum Gasteiger partial charge on any atom is -0.468 e. The van der Waals surface area contributed by atoms with E-state index in [1.54, 1.807) is 0 Å². The van der Waals surface area contributed by atoms with Crippen LogP contribution in [0.5, 0.6) is 0 Å². The quantitative estimate of drug-likeness (QED) is 0.551. The first-order valence-electron chi connectivity index (χ1n) is 8.29. The molecule has 1 aliphatic rings. The van der Waals surface area contributed by atoms with Crippen molar-refractivity contribution >= 4 is 17.5 Å². The summed E-state index contributed by atoms with van der Waals surface area (Å²) in [5, 5.41) is 0. The third-order valence-electron chi connectivity index (χ3n) is 4.61. The van der Waals surface area contributed by atoms with Crippen molar-refractivity contribution in [3.8, 4) is 0 Å². The van der Waals surface area contributed by atoms with Crippen molar-refractivity contribution in [2.75, 3.05) is 14.2 Å². The van der Waals surface area contributed by atoms with E-state index in [1.807, 2.05) is 6.92 Å². The smallest absolute Gasteiger partial charge is 0.416 e. The average molecular weight is 370 g/mol. The Hall–Kier alpha value is -2.31. The molecule has 0 amide bonds. The number of benzene rings is 1. The molecule has 0 heterocycles. The maximum absolute atomic E-state index is 12.8. The fraction of sp³-hybridized carbons (Fsp3) is 0.474. The molecule has 1 saturated carbocycles. The van der Waals surface area contributed by atoms with E-state index in [2.05, 4.69) is 0 Å². The molecule has 1 aliphatic carbocycles. The van der Waals surface area contributed by atoms with Gasteiger partial charge < -0.3 is 9.47 Å². The van der Waals surface area contributed by atoms with Crippen molar-refractivity contribution in [3.63, 3.8) is 0 Å². The van der Waals surface area contributed by atoms with Gasteiger partial charge in [-0.1, -0.05) is 25.5 Å². The molecule has 0 spiro atoms. The summed E-state index contributed by atoms with van der Waals surface area (Å²) < 4.78 is 47.9. The molecule has 1 aromatic carbocycles. The van der Waals surface area contributed by atoms with E-state index in [0.717, 1.165) is 25.0 Å². The molecule has 0 atom stereocenters. The Morgan fingerprint density at radius 3 is 2.04 bits per heavy atom. The van der Waals surface area contributed by atoms with Gasteiger partial charge in [0.25, 0.3) is 0 Å². The maximum atomic E-state index is 12.8. The van der Waals surface area contributed by atoms with Crippen molar-refractivity contribution in [3.05, 3.63) is 41.0 Å². The molecule has 0 N–H and O–H groups in total. The first-order chi connectivity index (χ1) is 12.2. The zero-order valence-electron chi connectivity index (χ0n) is 14.9. The molecule has 4 nitrogen and oxygen atoms in total. The molecular formula is C19H21F3O4. The predicted molar refractivity (Wildman–Crippen MR) is 89.0 cm³/mol. The molecule has 0 bridgehead atoms. The second kappa shape index (κ2) is 7.51. The van der Waals surface area contributed by atoms with E-state index in [9.17, 15) is 22.8 Å². The van der Waals surface area contributed by atoms with E-state index < -0.39 is 29.1 Å². The van der Waals surface area contributed by atoms with Crippen molar-refractivity contribution in [2.45, 2.75) is 38.8 Å². The van der Waals surface area contributed by atoms with Gasteiger partial charge in [-0.15, -0.1) is 0 Å². The van der Waals surface area contributed by atoms with Crippen LogP contribution >= 0.6 is 0 Å². The monoisotopic (exact) mass is 370 g/mol. The second-order valence-electron chi connectivity index (χ2n) is 6.20. The molecule has 0 aliphatic heterocycles. The second-order valence-corrected chi connectivity index (χ2v) is 6.20. The SMILES string of the molecule is CCCC/C(=C1/CC1(C(=O)OC)C(=O)OC)c1ccc(C(F)(F)F)cc1. The van der Waals surface area contributed by atoms with Crippen LogP contribution in [0, 0.1) is 5.41 Å². The molecule has 26 heavy (non-hydrogen) atoms. The van der Waals surface area contributed by atoms with Gasteiger partial charge in [-0.05, 0) is 41.7 Å². The highest BCUT2D eigenvalue weighted by Gasteiger charge is 2.65. The molecule has 2 rings (SSSR count). The highest BCUT2D eigenvalue weighted by molar-refractivity contribution is 6.11. The number of rotatable bonds is 6. The van der Waals surface area contributed by atoms with Crippen LogP contribution in [0.2, 0.25) is 0 Å². The Labute approximate surface area is 150 Å². The number of carbonyl (C=O) groups excluding carboxylic acids is 2. The molecule has 0 saturated heterocycles. The molecule has 142 valence electrons. The van der Waals surface area contributed by atoms with Crippen LogP contribution in [0.1, 0.15) is 43.7 Å². The fourth-order valence-corrected chi connectivity index (χ4v) is 3.09. The third-order valence-corrected chi connectivity index (χ3v) is 4.61. The Morgan fingerprint density at radius 2 is 1.62 bits per heavy atom. The van der Waals surface area contributed by atoms with E-state index in [-0.39, 0.29) is 6.42 Å². The summed E-state index contributed by atoms with van der Waals surface area (Å²) in [6, 6.07) is 4.75. The summed E-state index contributed by atoms with van der Waals surface area (Å²) in [7, 11) is 2.37. The molecule has 1 aromatic rings. The topological polar surface area (TPSA) is 52.6 Å². The Kier molecular flexibility index (Phi) is 5.78. The van der Waals surface area contributed by atoms with Crippen LogP contribution in [0.25, 0.3) is 5.57 Å². The summed E-state index contributed by atoms with van der Waals surface area (Å²) >= 11 is 0. The van der Waals surface area contributed by atoms with Crippen molar-refractivity contribution in [1.29, 1.82) is 0 Å². The van der Waals surface area contributed by atoms with Gasteiger partial charge in [-0.3, -0.25) is 9.59 Å². The van der Waals surface area contributed by atoms with Crippen LogP contribution in [0.15, 0.2) is 29.8 Å². The van der Waals surface area contributed by atoms with Crippen molar-refractivity contribution < 1.29 is 32.2 Å². The first kappa shape index (κ1) is 20.0. The molecule has 0 aromatic heterocycles. The lowest BCUT2D eigenvalue weighted by Gasteiger charge is -2.13. The van der Waals surface area contributed by atoms with Crippen LogP contribution in [-0.2, 0) is 25.2 Å². The van der Waals surface area contributed by atoms with Gasteiger partial charge in [0.1, 0.15) is 0 Å². The maximum Gasteiger partial charge on any atom is 0.416 e. The van der Waals surface area contributed by atoms with E-state index >= 15 is 0 Å². The molecule has 7 heteroatoms. The lowest BCUT2D eigenvalue weighted by Crippen LogP contribution is -2.28. The molecule has 0 radical (unpaired) electrons. The number of carbonyl (C=O) groups is 2. The predicted octanol–water partition coefficient (Wildman–Crippen LogP) is 4.39. The van der Waals surface area contributed by atoms with Crippen LogP contribution in [0.3, 0.4) is 0 Å². The van der Waals surface area contributed by atoms with E-state index in [4.69, 9.17) is 9.47 Å². The average Bonchev–Trinajstić information content (AvgIpc) is 3.37. The van der Waals surface area contributed by atoms with Crippen LogP contribution < -0.4 is 0 Å². The largest absolute Gasteiger partial charge is 0.468 e. The number of unbranched alkanes of at least 4 members (excludes halogenated alkanes) is 1. The van der Waals surface area contributed by atoms with Gasteiger partial charge in [0.15, 0.2) is 5.41 Å². The zero-order valence-corrected chi connectivity index (χ0v) is 14.9. The number of hydrogen-bond donors (Lipinski definition) is 0. The number of allylic oxidation sites excluding steroid dienone is 1. The number of hydrogen-bond acceptors (Lipinski definition) is 4. The van der Waals surface area contributed by atoms with Crippen LogP contribution in [-0.4, -0.2) is 26.2 Å². The highest BCUT2D eigenvalue weighted by atomic mass is 19.4. The summed E-state index contributed by atoms with van der Waals surface area (Å²) in [5.41, 5.74) is -0.393. The summed E-state index contributed by atoms with van der Waals surface area (Å²) in [6.45, 7) is 1.98. The minimum atomic E-state index is -4.42. The standard InChI is InChI=1S/C19H21F3O4/c1-4-5-6-14(12-7-9-13(10-8-12)19(20,21)22)15-11-18(15,16(23)25-2)17(24)26-3/h7-10H,4-6,11H2,1-3H3/b15-14+. The number of esters is 2. The first-order valence-corrected chi connectivity index (χ1v) is 8.29. The highest BCUT2D eigenvalue weighted by Crippen LogP contribution is 2.58. The number of methoxy groups -OCH3 is 2. The van der Waals surface area contributed by atoms with Gasteiger partial charge in [-0.25, -0.2) is 0 Å². The van der Waals surface area contributed by atoms with Gasteiger partial charge in [0.2, 0.25) is 0 Å². The Bertz CT molecular complexity index is 701. The fourth-order valence-electron chi connectivity index (χ4n) is 3.09. The van der Waals surface area contributed by atoms with Crippen LogP contribution in [0.4, 0.5) is 13.2 Å². The molecule has 1 fully saturated rings. The number of ether oxygens (including phenoxy) is 2. The molecule has 0 unspecified atom stereocenters. The van der Waals surface area contributed by atoms with E-state index in [0.29, 0.717) is 23.1 Å². The lowest BCUT2D eigenvalue weighted by atomic mass is 9.95. The van der Waals surface area contributed by atoms with Gasteiger partial charge >= 0.3 is 18.1 Å². The third kappa shape index (κ3) is 3.61. The summed E-state index contributed by atoms with van der Waals surface area (Å²) in [5.74, 6) is -1.42. The Balaban J connectivity index is 2.49. The van der Waals surface area contributed by atoms with Crippen molar-refractivity contribution in [1.82, 2.24) is 0 Å². The normalized spacial score (nSPS) is 17.5. The molecular weight excluding hydrogens is 349 g/mol.